The quantitative estimate of drug-likeness (QED) is 0.224. The minimum absolute atomic E-state index is 0.168. The number of rotatable bonds is 4. The monoisotopic (exact) mass is 650 g/mol. The number of piperidine rings is 1. The van der Waals surface area contributed by atoms with Gasteiger partial charge in [-0.2, -0.15) is 0 Å². The Morgan fingerprint density at radius 1 is 0.674 bits per heavy atom. The molecule has 0 saturated carbocycles. The van der Waals surface area contributed by atoms with Crippen molar-refractivity contribution in [2.45, 2.75) is 202 Å². The summed E-state index contributed by atoms with van der Waals surface area (Å²) >= 11 is 0. The predicted molar refractivity (Wildman–Crippen MR) is 200 cm³/mol. The maximum absolute atomic E-state index is 11.5. The molecule has 0 bridgehead atoms. The number of esters is 1. The number of likely N-dealkylation sites (tertiary alicyclic amines) is 1. The highest BCUT2D eigenvalue weighted by molar-refractivity contribution is 5.81. The molecule has 6 nitrogen and oxygen atoms in total. The van der Waals surface area contributed by atoms with Crippen LogP contribution in [0.3, 0.4) is 0 Å². The van der Waals surface area contributed by atoms with E-state index >= 15 is 0 Å². The van der Waals surface area contributed by atoms with Gasteiger partial charge in [0.25, 0.3) is 0 Å². The van der Waals surface area contributed by atoms with Crippen LogP contribution in [-0.4, -0.2) is 105 Å². The molecular weight excluding hydrogens is 568 g/mol. The van der Waals surface area contributed by atoms with Gasteiger partial charge in [-0.1, -0.05) is 67.9 Å². The molecule has 6 unspecified atom stereocenters. The number of hydrogen-bond donors (Lipinski definition) is 0. The van der Waals surface area contributed by atoms with E-state index in [0.29, 0.717) is 21.9 Å². The molecule has 3 fully saturated rings. The van der Waals surface area contributed by atoms with E-state index in [0.717, 1.165) is 6.54 Å². The second-order valence-corrected chi connectivity index (χ2v) is 18.7. The summed E-state index contributed by atoms with van der Waals surface area (Å²) in [5, 5.41) is 0. The molecule has 3 saturated heterocycles. The van der Waals surface area contributed by atoms with Gasteiger partial charge in [-0.25, -0.2) is 0 Å². The second kappa shape index (κ2) is 13.6. The Hall–Kier alpha value is -0.690. The maximum Gasteiger partial charge on any atom is 0.326 e. The lowest BCUT2D eigenvalue weighted by molar-refractivity contribution is -0.187. The van der Waals surface area contributed by atoms with E-state index in [1.54, 1.807) is 0 Å². The van der Waals surface area contributed by atoms with Crippen LogP contribution in [0.25, 0.3) is 0 Å². The van der Waals surface area contributed by atoms with Crippen molar-refractivity contribution in [1.82, 2.24) is 19.6 Å². The van der Waals surface area contributed by atoms with Gasteiger partial charge in [-0.05, 0) is 133 Å². The third-order valence-corrected chi connectivity index (χ3v) is 16.0. The molecule has 3 heterocycles. The minimum Gasteiger partial charge on any atom is -0.462 e. The fourth-order valence-corrected chi connectivity index (χ4v) is 8.81. The molecule has 3 aliphatic heterocycles. The van der Waals surface area contributed by atoms with Crippen LogP contribution in [0.1, 0.15) is 157 Å². The van der Waals surface area contributed by atoms with Crippen LogP contribution < -0.4 is 0 Å². The number of carbonyl (C=O) groups is 1. The van der Waals surface area contributed by atoms with Gasteiger partial charge in [0.2, 0.25) is 0 Å². The van der Waals surface area contributed by atoms with Crippen LogP contribution >= 0.6 is 0 Å². The molecule has 6 atom stereocenters. The van der Waals surface area contributed by atoms with Crippen molar-refractivity contribution < 1.29 is 9.53 Å². The normalized spacial score (nSPS) is 41.0. The van der Waals surface area contributed by atoms with Gasteiger partial charge in [0.15, 0.2) is 0 Å². The van der Waals surface area contributed by atoms with E-state index < -0.39 is 5.54 Å². The van der Waals surface area contributed by atoms with Crippen molar-refractivity contribution in [3.8, 4) is 0 Å². The fraction of sp³-hybridized carbons (Fsp3) is 0.950. The Labute approximate surface area is 288 Å². The molecule has 6 heteroatoms. The number of hydrogen-bond acceptors (Lipinski definition) is 6. The van der Waals surface area contributed by atoms with E-state index in [2.05, 4.69) is 140 Å². The maximum atomic E-state index is 11.5. The summed E-state index contributed by atoms with van der Waals surface area (Å²) in [4.78, 5) is 21.3. The number of carbonyl (C=O) groups excluding carboxylic acids is 1. The van der Waals surface area contributed by atoms with Crippen LogP contribution in [0.2, 0.25) is 0 Å². The molecule has 274 valence electrons. The average Bonchev–Trinajstić information content (AvgIpc) is 2.96. The Balaban J connectivity index is 0.000000348. The van der Waals surface area contributed by atoms with Crippen LogP contribution in [0.15, 0.2) is 0 Å². The molecular formula is C40H81N4O2-. The summed E-state index contributed by atoms with van der Waals surface area (Å²) in [6, 6.07) is 0. The smallest absolute Gasteiger partial charge is 0.326 e. The molecule has 3 rings (SSSR count). The summed E-state index contributed by atoms with van der Waals surface area (Å²) in [6.07, 6.45) is 5.97. The number of nitrogens with zero attached hydrogens (tertiary/aromatic N) is 4. The Morgan fingerprint density at radius 3 is 1.48 bits per heavy atom. The summed E-state index contributed by atoms with van der Waals surface area (Å²) in [6.45, 7) is 46.4. The van der Waals surface area contributed by atoms with Crippen molar-refractivity contribution in [1.29, 1.82) is 0 Å². The van der Waals surface area contributed by atoms with Crippen LogP contribution in [0.4, 0.5) is 0 Å². The third kappa shape index (κ3) is 6.73. The standard InChI is InChI=1S/C16H33N.C14H30N2.C10H18NO2/c1-10-15(7)12-13(3,4)14(5,6)16(8,11-2)17(15)9;1-9-13(5)11-15(7)12(3,4)14(6,10-2)16(13)8;1-7-9(2,3)11(6)10(4,5)8(12)13-7/h10-12H2,1-9H3;9-11H2,1-8H3;7H,2H2,1,3-6H3/q;;-1. The van der Waals surface area contributed by atoms with E-state index in [-0.39, 0.29) is 34.2 Å². The van der Waals surface area contributed by atoms with E-state index in [4.69, 9.17) is 4.74 Å². The summed E-state index contributed by atoms with van der Waals surface area (Å²) in [7, 11) is 8.82. The van der Waals surface area contributed by atoms with Crippen LogP contribution in [0, 0.1) is 17.8 Å². The number of morpholine rings is 1. The molecule has 0 N–H and O–H groups in total. The zero-order valence-electron chi connectivity index (χ0n) is 35.1. The van der Waals surface area contributed by atoms with Crippen LogP contribution in [0.5, 0.6) is 0 Å². The molecule has 0 aromatic heterocycles. The Bertz CT molecular complexity index is 1050. The van der Waals surface area contributed by atoms with Crippen molar-refractivity contribution in [3.63, 3.8) is 0 Å². The largest absolute Gasteiger partial charge is 0.462 e. The summed E-state index contributed by atoms with van der Waals surface area (Å²) in [5.74, 6) is -0.177. The zero-order valence-corrected chi connectivity index (χ0v) is 35.1. The summed E-state index contributed by atoms with van der Waals surface area (Å²) in [5.41, 5.74) is 1.17. The number of ether oxygens (including phenoxy) is 1. The number of cyclic esters (lactones) is 1. The lowest BCUT2D eigenvalue weighted by Crippen LogP contribution is -2.76. The topological polar surface area (TPSA) is 39.3 Å². The SMILES string of the molecule is CCC1(C)CC(C)(C)C(C)(C)C(C)(CC)N1C.CCC1(C)CN(C)C(C)(C)C(C)(CC)N1C.[CH2-]C1(C)C(C)OC(=O)C(C)(C)N1C. The van der Waals surface area contributed by atoms with Crippen molar-refractivity contribution in [2.24, 2.45) is 10.8 Å². The van der Waals surface area contributed by atoms with Gasteiger partial charge in [0.1, 0.15) is 5.54 Å². The molecule has 0 amide bonds. The Kier molecular flexibility index (Phi) is 12.8. The molecule has 0 aromatic carbocycles. The van der Waals surface area contributed by atoms with Crippen molar-refractivity contribution >= 4 is 5.97 Å². The van der Waals surface area contributed by atoms with E-state index in [9.17, 15) is 4.79 Å². The number of piperazine rings is 1. The van der Waals surface area contributed by atoms with Gasteiger partial charge < -0.3 is 16.6 Å². The van der Waals surface area contributed by atoms with Gasteiger partial charge in [-0.3, -0.25) is 19.5 Å². The highest BCUT2D eigenvalue weighted by Gasteiger charge is 2.60. The van der Waals surface area contributed by atoms with Crippen molar-refractivity contribution in [3.05, 3.63) is 6.92 Å². The second-order valence-electron chi connectivity index (χ2n) is 18.7. The van der Waals surface area contributed by atoms with Crippen LogP contribution in [-0.2, 0) is 9.53 Å². The first-order chi connectivity index (χ1) is 20.3. The molecule has 0 radical (unpaired) electrons. The lowest BCUT2D eigenvalue weighted by atomic mass is 9.49. The van der Waals surface area contributed by atoms with E-state index in [1.807, 2.05) is 39.6 Å². The molecule has 0 spiro atoms. The minimum atomic E-state index is -0.580. The predicted octanol–water partition coefficient (Wildman–Crippen LogP) is 8.93. The lowest BCUT2D eigenvalue weighted by Gasteiger charge is -2.68. The average molecular weight is 650 g/mol. The molecule has 3 aliphatic rings. The molecule has 0 aromatic rings. The first kappa shape index (κ1) is 43.3. The highest BCUT2D eigenvalue weighted by Crippen LogP contribution is 2.60. The molecule has 46 heavy (non-hydrogen) atoms. The third-order valence-electron chi connectivity index (χ3n) is 16.0. The Morgan fingerprint density at radius 2 is 1.09 bits per heavy atom. The fourth-order valence-electron chi connectivity index (χ4n) is 8.81. The van der Waals surface area contributed by atoms with Gasteiger partial charge >= 0.3 is 5.97 Å². The van der Waals surface area contributed by atoms with Gasteiger partial charge in [-0.15, -0.1) is 0 Å². The first-order valence-corrected chi connectivity index (χ1v) is 18.3. The van der Waals surface area contributed by atoms with Gasteiger partial charge in [0, 0.05) is 34.2 Å². The summed E-state index contributed by atoms with van der Waals surface area (Å²) < 4.78 is 5.24. The van der Waals surface area contributed by atoms with Crippen molar-refractivity contribution in [2.75, 3.05) is 34.7 Å². The molecule has 0 aliphatic carbocycles. The van der Waals surface area contributed by atoms with Gasteiger partial charge in [0.05, 0.1) is 6.10 Å². The highest BCUT2D eigenvalue weighted by atomic mass is 16.6. The van der Waals surface area contributed by atoms with E-state index in [1.165, 1.54) is 32.1 Å². The number of likely N-dealkylation sites (N-methyl/N-ethyl adjacent to an activating group) is 3. The zero-order chi connectivity index (χ0) is 36.9. The first-order valence-electron chi connectivity index (χ1n) is 18.3.